The standard InChI is InChI=1S/C29H49NO7SSi3/c1-15-33-28(31)24(19-30)23-18-29(3,4)25-17-27(26(32-5)16-22(23)25)34-20-21(2)38(6,35-39(7,8)9)36-41(13,14)37-40(10,11)12/h16-17H,2,15,18,20H2,1,3-14H3. The molecule has 0 amide bonds. The minimum Gasteiger partial charge on any atom is -0.493 e. The Morgan fingerprint density at radius 2 is 1.66 bits per heavy atom. The molecule has 1 unspecified atom stereocenters. The van der Waals surface area contributed by atoms with Gasteiger partial charge < -0.3 is 22.2 Å². The van der Waals surface area contributed by atoms with Gasteiger partial charge in [-0.25, -0.2) is 4.79 Å². The number of methoxy groups -OCH3 is 1. The molecule has 41 heavy (non-hydrogen) atoms. The van der Waals surface area contributed by atoms with E-state index in [4.69, 9.17) is 26.1 Å². The zero-order valence-corrected chi connectivity index (χ0v) is 31.0. The average Bonchev–Trinajstić information content (AvgIpc) is 3.03. The van der Waals surface area contributed by atoms with Crippen LogP contribution in [0.25, 0.3) is 5.57 Å². The minimum absolute atomic E-state index is 0.0232. The second kappa shape index (κ2) is 12.8. The van der Waals surface area contributed by atoms with Crippen molar-refractivity contribution in [2.24, 2.45) is 0 Å². The highest BCUT2D eigenvalue weighted by atomic mass is 32.3. The largest absolute Gasteiger partial charge is 0.493 e. The number of carbonyl (C=O) groups excluding carboxylic acids is 1. The van der Waals surface area contributed by atoms with Crippen molar-refractivity contribution in [3.8, 4) is 17.6 Å². The number of allylic oxidation sites excluding steroid dienone is 1. The summed E-state index contributed by atoms with van der Waals surface area (Å²) in [6.07, 6.45) is 2.50. The van der Waals surface area contributed by atoms with E-state index in [9.17, 15) is 10.1 Å². The molecule has 0 aromatic heterocycles. The smallest absolute Gasteiger partial charge is 0.349 e. The first-order chi connectivity index (χ1) is 18.6. The topological polar surface area (TPSA) is 96.2 Å². The van der Waals surface area contributed by atoms with Crippen LogP contribution in [0.15, 0.2) is 29.2 Å². The van der Waals surface area contributed by atoms with E-state index in [1.165, 1.54) is 0 Å². The van der Waals surface area contributed by atoms with Gasteiger partial charge in [0.1, 0.15) is 18.2 Å². The average molecular weight is 640 g/mol. The molecule has 0 spiro atoms. The van der Waals surface area contributed by atoms with Gasteiger partial charge in [-0.05, 0) is 100.0 Å². The van der Waals surface area contributed by atoms with Gasteiger partial charge in [0.15, 0.2) is 19.8 Å². The highest BCUT2D eigenvalue weighted by Gasteiger charge is 2.41. The molecule has 0 bridgehead atoms. The van der Waals surface area contributed by atoms with Crippen molar-refractivity contribution in [2.45, 2.75) is 85.0 Å². The fraction of sp³-hybridized carbons (Fsp3) is 0.586. The van der Waals surface area contributed by atoms with E-state index in [-0.39, 0.29) is 24.2 Å². The summed E-state index contributed by atoms with van der Waals surface area (Å²) in [5, 5.41) is 9.81. The van der Waals surface area contributed by atoms with Crippen LogP contribution in [0.3, 0.4) is 0 Å². The highest BCUT2D eigenvalue weighted by molar-refractivity contribution is 8.29. The van der Waals surface area contributed by atoms with E-state index in [2.05, 4.69) is 78.9 Å². The van der Waals surface area contributed by atoms with Gasteiger partial charge in [-0.15, -0.1) is 0 Å². The first-order valence-corrected chi connectivity index (χ1v) is 25.3. The lowest BCUT2D eigenvalue weighted by molar-refractivity contribution is -0.137. The second-order valence-corrected chi connectivity index (χ2v) is 28.8. The van der Waals surface area contributed by atoms with Crippen LogP contribution in [0.4, 0.5) is 0 Å². The lowest BCUT2D eigenvalue weighted by Gasteiger charge is -2.49. The molecule has 0 radical (unpaired) electrons. The number of esters is 1. The van der Waals surface area contributed by atoms with E-state index in [1.54, 1.807) is 14.0 Å². The van der Waals surface area contributed by atoms with E-state index in [0.717, 1.165) is 16.0 Å². The lowest BCUT2D eigenvalue weighted by atomic mass is 9.86. The summed E-state index contributed by atoms with van der Waals surface area (Å²) in [7, 11) is -7.06. The number of rotatable bonds is 13. The minimum atomic E-state index is -2.55. The highest BCUT2D eigenvalue weighted by Crippen LogP contribution is 2.58. The molecule has 12 heteroatoms. The maximum Gasteiger partial charge on any atom is 0.349 e. The van der Waals surface area contributed by atoms with Gasteiger partial charge in [0.05, 0.1) is 18.6 Å². The third kappa shape index (κ3) is 9.31. The summed E-state index contributed by atoms with van der Waals surface area (Å²) >= 11 is 0. The van der Waals surface area contributed by atoms with Crippen LogP contribution < -0.4 is 9.47 Å². The summed E-state index contributed by atoms with van der Waals surface area (Å²) < 4.78 is 37.1. The monoisotopic (exact) mass is 639 g/mol. The second-order valence-electron chi connectivity index (χ2n) is 13.3. The fourth-order valence-corrected chi connectivity index (χ4v) is 19.8. The molecule has 230 valence electrons. The third-order valence-electron chi connectivity index (χ3n) is 6.10. The van der Waals surface area contributed by atoms with Crippen LogP contribution in [-0.2, 0) is 26.8 Å². The number of nitriles is 1. The molecule has 0 heterocycles. The number of carbonyl (C=O) groups is 1. The molecule has 0 saturated heterocycles. The van der Waals surface area contributed by atoms with Gasteiger partial charge in [0.2, 0.25) is 8.32 Å². The Kier molecular flexibility index (Phi) is 11.0. The summed E-state index contributed by atoms with van der Waals surface area (Å²) in [5.74, 6) is 0.424. The summed E-state index contributed by atoms with van der Waals surface area (Å²) in [5.41, 5.74) is 2.10. The molecule has 0 fully saturated rings. The molecule has 0 N–H and O–H groups in total. The van der Waals surface area contributed by atoms with E-state index in [1.807, 2.05) is 18.4 Å². The predicted octanol–water partition coefficient (Wildman–Crippen LogP) is 7.80. The van der Waals surface area contributed by atoms with E-state index < -0.39 is 41.8 Å². The Morgan fingerprint density at radius 1 is 1.05 bits per heavy atom. The molecule has 1 aromatic rings. The van der Waals surface area contributed by atoms with Crippen molar-refractivity contribution in [1.82, 2.24) is 0 Å². The van der Waals surface area contributed by atoms with Gasteiger partial charge in [-0.3, -0.25) is 3.87 Å². The number of fused-ring (bicyclic) bond motifs is 1. The van der Waals surface area contributed by atoms with Crippen LogP contribution >= 0.6 is 10.6 Å². The van der Waals surface area contributed by atoms with Crippen molar-refractivity contribution in [1.29, 1.82) is 5.26 Å². The van der Waals surface area contributed by atoms with Gasteiger partial charge >= 0.3 is 14.5 Å². The molecule has 8 nitrogen and oxygen atoms in total. The van der Waals surface area contributed by atoms with Gasteiger partial charge in [-0.1, -0.05) is 20.4 Å². The molecular formula is C29H49NO7SSi3. The van der Waals surface area contributed by atoms with Crippen LogP contribution in [0.2, 0.25) is 52.4 Å². The number of ether oxygens (including phenoxy) is 3. The normalized spacial score (nSPS) is 18.4. The quantitative estimate of drug-likeness (QED) is 0.0934. The number of hydrogen-bond acceptors (Lipinski definition) is 8. The molecule has 2 rings (SSSR count). The molecule has 0 aliphatic heterocycles. The summed E-state index contributed by atoms with van der Waals surface area (Å²) in [6.45, 7) is 27.6. The van der Waals surface area contributed by atoms with Crippen molar-refractivity contribution >= 4 is 47.3 Å². The van der Waals surface area contributed by atoms with Gasteiger partial charge in [0.25, 0.3) is 0 Å². The molecule has 1 aliphatic carbocycles. The Morgan fingerprint density at radius 3 is 2.15 bits per heavy atom. The van der Waals surface area contributed by atoms with Crippen molar-refractivity contribution in [2.75, 3.05) is 26.6 Å². The first-order valence-electron chi connectivity index (χ1n) is 13.8. The first kappa shape index (κ1) is 35.3. The maximum absolute atomic E-state index is 12.6. The zero-order chi connectivity index (χ0) is 31.6. The maximum atomic E-state index is 12.6. The Hall–Kier alpha value is -1.86. The molecule has 0 saturated carbocycles. The Balaban J connectivity index is 2.47. The van der Waals surface area contributed by atoms with Gasteiger partial charge in [0, 0.05) is 6.26 Å². The van der Waals surface area contributed by atoms with Crippen molar-refractivity contribution in [3.05, 3.63) is 40.3 Å². The SMILES string of the molecule is C=C(COc1cc2c(cc1OC)C(=C(C#N)C(=O)OCC)CC2(C)C)S(C)(O[Si](C)(C)C)O[Si](C)(C)O[Si](C)(C)C. The van der Waals surface area contributed by atoms with E-state index >= 15 is 0 Å². The Labute approximate surface area is 252 Å². The molecular weight excluding hydrogens is 591 g/mol. The lowest BCUT2D eigenvalue weighted by Crippen LogP contribution is -2.46. The van der Waals surface area contributed by atoms with Crippen LogP contribution in [0, 0.1) is 11.3 Å². The zero-order valence-electron chi connectivity index (χ0n) is 27.2. The number of nitrogens with zero attached hydrogens (tertiary/aromatic N) is 1. The molecule has 1 atom stereocenters. The van der Waals surface area contributed by atoms with Crippen molar-refractivity contribution in [3.63, 3.8) is 0 Å². The van der Waals surface area contributed by atoms with Crippen LogP contribution in [0.5, 0.6) is 11.5 Å². The van der Waals surface area contributed by atoms with Crippen molar-refractivity contribution < 1.29 is 30.9 Å². The van der Waals surface area contributed by atoms with Gasteiger partial charge in [-0.2, -0.15) is 15.9 Å². The molecule has 1 aromatic carbocycles. The third-order valence-corrected chi connectivity index (χ3v) is 17.8. The number of hydrogen-bond donors (Lipinski definition) is 0. The van der Waals surface area contributed by atoms with Crippen LogP contribution in [0.1, 0.15) is 38.3 Å². The summed E-state index contributed by atoms with van der Waals surface area (Å²) in [4.78, 5) is 13.3. The Bertz CT molecular complexity index is 1240. The van der Waals surface area contributed by atoms with Crippen LogP contribution in [-0.4, -0.2) is 57.7 Å². The number of benzene rings is 1. The fourth-order valence-electron chi connectivity index (χ4n) is 4.95. The molecule has 1 aliphatic rings. The summed E-state index contributed by atoms with van der Waals surface area (Å²) in [6, 6.07) is 5.84. The van der Waals surface area contributed by atoms with E-state index in [0.29, 0.717) is 23.5 Å². The predicted molar refractivity (Wildman–Crippen MR) is 175 cm³/mol.